The molecule has 96 valence electrons. The summed E-state index contributed by atoms with van der Waals surface area (Å²) >= 11 is 1.66. The summed E-state index contributed by atoms with van der Waals surface area (Å²) in [6.45, 7) is 7.81. The van der Waals surface area contributed by atoms with Gasteiger partial charge in [-0.1, -0.05) is 44.5 Å². The second kappa shape index (κ2) is 7.07. The number of thiazole rings is 1. The molecule has 0 unspecified atom stereocenters. The van der Waals surface area contributed by atoms with E-state index in [4.69, 9.17) is 0 Å². The number of Topliss-reactive ketones (excluding diaryl/α,β-unsaturated/α-hetero) is 1. The van der Waals surface area contributed by atoms with E-state index in [0.29, 0.717) is 0 Å². The molecule has 0 spiro atoms. The molecule has 18 heavy (non-hydrogen) atoms. The van der Waals surface area contributed by atoms with Gasteiger partial charge in [0.05, 0.1) is 9.88 Å². The van der Waals surface area contributed by atoms with Crippen molar-refractivity contribution in [3.05, 3.63) is 41.0 Å². The predicted octanol–water partition coefficient (Wildman–Crippen LogP) is 4.74. The van der Waals surface area contributed by atoms with Gasteiger partial charge < -0.3 is 0 Å². The molecule has 0 N–H and O–H groups in total. The lowest BCUT2D eigenvalue weighted by atomic mass is 10.1. The van der Waals surface area contributed by atoms with Crippen LogP contribution in [0.25, 0.3) is 10.4 Å². The van der Waals surface area contributed by atoms with E-state index in [9.17, 15) is 4.79 Å². The van der Waals surface area contributed by atoms with Crippen LogP contribution in [0.3, 0.4) is 0 Å². The quantitative estimate of drug-likeness (QED) is 0.731. The lowest BCUT2D eigenvalue weighted by molar-refractivity contribution is 0.101. The third-order valence-electron chi connectivity index (χ3n) is 2.20. The Hall–Kier alpha value is -1.48. The molecule has 1 heterocycles. The molecule has 1 aromatic heterocycles. The number of hydrogen-bond donors (Lipinski definition) is 0. The fraction of sp³-hybridized carbons (Fsp3) is 0.333. The fourth-order valence-electron chi connectivity index (χ4n) is 1.36. The molecule has 0 aliphatic carbocycles. The summed E-state index contributed by atoms with van der Waals surface area (Å²) in [7, 11) is 0. The van der Waals surface area contributed by atoms with E-state index in [1.165, 1.54) is 6.42 Å². The maximum atomic E-state index is 11.1. The van der Waals surface area contributed by atoms with E-state index in [1.807, 2.05) is 37.4 Å². The van der Waals surface area contributed by atoms with Crippen LogP contribution < -0.4 is 0 Å². The number of aryl methyl sites for hydroxylation is 1. The first-order valence-corrected chi connectivity index (χ1v) is 6.93. The lowest BCUT2D eigenvalue weighted by Gasteiger charge is -1.98. The van der Waals surface area contributed by atoms with Gasteiger partial charge in [0, 0.05) is 11.8 Å². The highest BCUT2D eigenvalue weighted by molar-refractivity contribution is 7.15. The summed E-state index contributed by atoms with van der Waals surface area (Å²) in [6.07, 6.45) is 3.11. The van der Waals surface area contributed by atoms with Crippen molar-refractivity contribution in [1.82, 2.24) is 4.98 Å². The number of carbonyl (C=O) groups is 1. The fourth-order valence-corrected chi connectivity index (χ4v) is 2.15. The Morgan fingerprint density at radius 3 is 2.17 bits per heavy atom. The van der Waals surface area contributed by atoms with Gasteiger partial charge >= 0.3 is 0 Å². The number of benzene rings is 1. The third-order valence-corrected chi connectivity index (χ3v) is 3.16. The van der Waals surface area contributed by atoms with Crippen LogP contribution in [0.4, 0.5) is 0 Å². The van der Waals surface area contributed by atoms with E-state index in [2.05, 4.69) is 18.8 Å². The maximum absolute atomic E-state index is 11.1. The van der Waals surface area contributed by atoms with Crippen molar-refractivity contribution in [3.8, 4) is 10.4 Å². The average Bonchev–Trinajstić information content (AvgIpc) is 2.77. The molecule has 0 atom stereocenters. The number of nitrogens with zero attached hydrogens (tertiary/aromatic N) is 1. The summed E-state index contributed by atoms with van der Waals surface area (Å²) in [5, 5.41) is 1.06. The van der Waals surface area contributed by atoms with E-state index < -0.39 is 0 Å². The predicted molar refractivity (Wildman–Crippen MR) is 78.3 cm³/mol. The normalized spacial score (nSPS) is 9.56. The van der Waals surface area contributed by atoms with Crippen molar-refractivity contribution in [2.45, 2.75) is 34.1 Å². The summed E-state index contributed by atoms with van der Waals surface area (Å²) in [5.41, 5.74) is 1.87. The van der Waals surface area contributed by atoms with Gasteiger partial charge in [0.1, 0.15) is 0 Å². The Morgan fingerprint density at radius 1 is 1.22 bits per heavy atom. The van der Waals surface area contributed by atoms with Crippen molar-refractivity contribution < 1.29 is 4.79 Å². The zero-order valence-corrected chi connectivity index (χ0v) is 12.2. The van der Waals surface area contributed by atoms with Crippen molar-refractivity contribution in [2.75, 3.05) is 0 Å². The first-order chi connectivity index (χ1) is 8.58. The second-order valence-electron chi connectivity index (χ2n) is 4.08. The molecule has 0 radical (unpaired) electrons. The molecule has 0 fully saturated rings. The number of carbonyl (C=O) groups excluding carboxylic acids is 1. The standard InChI is InChI=1S/C12H11NOS.C3H8/c1-8(14)10-3-5-11(6-4-10)12-7-13-9(2)15-12;1-3-2/h3-7H,1-2H3;3H2,1-2H3. The van der Waals surface area contributed by atoms with Gasteiger partial charge in [-0.25, -0.2) is 4.98 Å². The molecular weight excluding hydrogens is 242 g/mol. The molecule has 0 bridgehead atoms. The van der Waals surface area contributed by atoms with Gasteiger partial charge in [-0.3, -0.25) is 4.79 Å². The number of aromatic nitrogens is 1. The van der Waals surface area contributed by atoms with E-state index in [0.717, 1.165) is 21.0 Å². The Labute approximate surface area is 113 Å². The highest BCUT2D eigenvalue weighted by Crippen LogP contribution is 2.25. The largest absolute Gasteiger partial charge is 0.295 e. The third kappa shape index (κ3) is 4.08. The molecule has 0 aliphatic heterocycles. The van der Waals surface area contributed by atoms with E-state index in [-0.39, 0.29) is 5.78 Å². The Morgan fingerprint density at radius 2 is 1.78 bits per heavy atom. The maximum Gasteiger partial charge on any atom is 0.159 e. The molecule has 0 aliphatic rings. The van der Waals surface area contributed by atoms with Crippen LogP contribution in [0, 0.1) is 6.92 Å². The summed E-state index contributed by atoms with van der Waals surface area (Å²) in [6, 6.07) is 7.63. The van der Waals surface area contributed by atoms with Gasteiger partial charge in [-0.15, -0.1) is 11.3 Å². The van der Waals surface area contributed by atoms with Crippen LogP contribution >= 0.6 is 11.3 Å². The molecule has 1 aromatic carbocycles. The molecule has 3 heteroatoms. The Balaban J connectivity index is 0.000000492. The van der Waals surface area contributed by atoms with Crippen LogP contribution in [-0.2, 0) is 0 Å². The Bertz CT molecular complexity index is 499. The number of hydrogen-bond acceptors (Lipinski definition) is 3. The highest BCUT2D eigenvalue weighted by Gasteiger charge is 2.03. The monoisotopic (exact) mass is 261 g/mol. The SMILES string of the molecule is CC(=O)c1ccc(-c2cnc(C)s2)cc1.CCC. The minimum absolute atomic E-state index is 0.0991. The first-order valence-electron chi connectivity index (χ1n) is 6.12. The zero-order valence-electron chi connectivity index (χ0n) is 11.4. The van der Waals surface area contributed by atoms with E-state index in [1.54, 1.807) is 18.3 Å². The number of ketones is 1. The van der Waals surface area contributed by atoms with Gasteiger partial charge in [-0.05, 0) is 19.4 Å². The van der Waals surface area contributed by atoms with Crippen LogP contribution in [0.15, 0.2) is 30.5 Å². The van der Waals surface area contributed by atoms with Gasteiger partial charge in [-0.2, -0.15) is 0 Å². The molecule has 2 rings (SSSR count). The summed E-state index contributed by atoms with van der Waals surface area (Å²) in [5.74, 6) is 0.0991. The number of rotatable bonds is 2. The topological polar surface area (TPSA) is 30.0 Å². The minimum atomic E-state index is 0.0991. The zero-order chi connectivity index (χ0) is 13.5. The first kappa shape index (κ1) is 14.6. The van der Waals surface area contributed by atoms with Crippen LogP contribution in [-0.4, -0.2) is 10.8 Å². The minimum Gasteiger partial charge on any atom is -0.295 e. The van der Waals surface area contributed by atoms with Crippen LogP contribution in [0.5, 0.6) is 0 Å². The smallest absolute Gasteiger partial charge is 0.159 e. The van der Waals surface area contributed by atoms with Gasteiger partial charge in [0.25, 0.3) is 0 Å². The highest BCUT2D eigenvalue weighted by atomic mass is 32.1. The lowest BCUT2D eigenvalue weighted by Crippen LogP contribution is -1.90. The summed E-state index contributed by atoms with van der Waals surface area (Å²) in [4.78, 5) is 16.4. The molecule has 2 nitrogen and oxygen atoms in total. The van der Waals surface area contributed by atoms with Crippen LogP contribution in [0.1, 0.15) is 42.6 Å². The Kier molecular flexibility index (Phi) is 5.72. The van der Waals surface area contributed by atoms with Crippen molar-refractivity contribution in [1.29, 1.82) is 0 Å². The van der Waals surface area contributed by atoms with Crippen LogP contribution in [0.2, 0.25) is 0 Å². The average molecular weight is 261 g/mol. The molecule has 0 saturated carbocycles. The summed E-state index contributed by atoms with van der Waals surface area (Å²) < 4.78 is 0. The second-order valence-corrected chi connectivity index (χ2v) is 5.32. The van der Waals surface area contributed by atoms with Crippen molar-refractivity contribution in [2.24, 2.45) is 0 Å². The molecule has 0 amide bonds. The van der Waals surface area contributed by atoms with Gasteiger partial charge in [0.2, 0.25) is 0 Å². The molecular formula is C15H19NOS. The van der Waals surface area contributed by atoms with Crippen molar-refractivity contribution >= 4 is 17.1 Å². The molecule has 2 aromatic rings. The van der Waals surface area contributed by atoms with Gasteiger partial charge in [0.15, 0.2) is 5.78 Å². The molecule has 0 saturated heterocycles. The van der Waals surface area contributed by atoms with Crippen molar-refractivity contribution in [3.63, 3.8) is 0 Å². The van der Waals surface area contributed by atoms with E-state index >= 15 is 0 Å².